The van der Waals surface area contributed by atoms with E-state index in [4.69, 9.17) is 4.74 Å². The molecule has 0 bridgehead atoms. The second-order valence-corrected chi connectivity index (χ2v) is 4.80. The third-order valence-corrected chi connectivity index (χ3v) is 3.14. The standard InChI is InChI=1S/C15H21N3O/c1-12(15-9-17-18(2)10-15)16-8-13-5-4-6-14(7-13)11-19-3/h4-7,9-10,12,16H,8,11H2,1-3H3. The Morgan fingerprint density at radius 1 is 1.37 bits per heavy atom. The lowest BCUT2D eigenvalue weighted by Crippen LogP contribution is -2.17. The molecule has 4 heteroatoms. The van der Waals surface area contributed by atoms with Gasteiger partial charge < -0.3 is 10.1 Å². The van der Waals surface area contributed by atoms with Crippen molar-refractivity contribution in [1.29, 1.82) is 0 Å². The third kappa shape index (κ3) is 3.91. The Labute approximate surface area is 114 Å². The first kappa shape index (κ1) is 13.8. The number of hydrogen-bond acceptors (Lipinski definition) is 3. The largest absolute Gasteiger partial charge is 0.380 e. The van der Waals surface area contributed by atoms with Crippen LogP contribution < -0.4 is 5.32 Å². The minimum absolute atomic E-state index is 0.291. The van der Waals surface area contributed by atoms with E-state index in [0.29, 0.717) is 12.6 Å². The Balaban J connectivity index is 1.93. The Kier molecular flexibility index (Phi) is 4.71. The Hall–Kier alpha value is -1.65. The molecule has 1 heterocycles. The van der Waals surface area contributed by atoms with E-state index < -0.39 is 0 Å². The molecule has 1 unspecified atom stereocenters. The van der Waals surface area contributed by atoms with Crippen molar-refractivity contribution in [2.24, 2.45) is 7.05 Å². The topological polar surface area (TPSA) is 39.1 Å². The van der Waals surface area contributed by atoms with Crippen molar-refractivity contribution >= 4 is 0 Å². The van der Waals surface area contributed by atoms with Crippen LogP contribution in [0.5, 0.6) is 0 Å². The molecule has 4 nitrogen and oxygen atoms in total. The molecule has 102 valence electrons. The van der Waals surface area contributed by atoms with Gasteiger partial charge in [0.25, 0.3) is 0 Å². The van der Waals surface area contributed by atoms with E-state index in [9.17, 15) is 0 Å². The maximum Gasteiger partial charge on any atom is 0.0713 e. The summed E-state index contributed by atoms with van der Waals surface area (Å²) in [6.45, 7) is 3.65. The number of hydrogen-bond donors (Lipinski definition) is 1. The van der Waals surface area contributed by atoms with Gasteiger partial charge in [0.05, 0.1) is 12.8 Å². The second-order valence-electron chi connectivity index (χ2n) is 4.80. The monoisotopic (exact) mass is 259 g/mol. The minimum atomic E-state index is 0.291. The van der Waals surface area contributed by atoms with Crippen LogP contribution in [-0.4, -0.2) is 16.9 Å². The van der Waals surface area contributed by atoms with Crippen molar-refractivity contribution in [2.75, 3.05) is 7.11 Å². The number of methoxy groups -OCH3 is 1. The molecular weight excluding hydrogens is 238 g/mol. The number of ether oxygens (including phenoxy) is 1. The van der Waals surface area contributed by atoms with Crippen LogP contribution in [0, 0.1) is 0 Å². The number of aryl methyl sites for hydroxylation is 1. The summed E-state index contributed by atoms with van der Waals surface area (Å²) in [5, 5.41) is 7.69. The van der Waals surface area contributed by atoms with Crippen molar-refractivity contribution in [2.45, 2.75) is 26.1 Å². The first-order chi connectivity index (χ1) is 9.19. The van der Waals surface area contributed by atoms with Crippen molar-refractivity contribution in [3.8, 4) is 0 Å². The Bertz CT molecular complexity index is 522. The minimum Gasteiger partial charge on any atom is -0.380 e. The van der Waals surface area contributed by atoms with E-state index in [1.54, 1.807) is 7.11 Å². The smallest absolute Gasteiger partial charge is 0.0713 e. The second kappa shape index (κ2) is 6.50. The summed E-state index contributed by atoms with van der Waals surface area (Å²) in [5.74, 6) is 0. The lowest BCUT2D eigenvalue weighted by atomic mass is 10.1. The van der Waals surface area contributed by atoms with Crippen LogP contribution in [0.1, 0.15) is 29.7 Å². The average molecular weight is 259 g/mol. The fraction of sp³-hybridized carbons (Fsp3) is 0.400. The van der Waals surface area contributed by atoms with E-state index in [0.717, 1.165) is 6.54 Å². The highest BCUT2D eigenvalue weighted by atomic mass is 16.5. The zero-order valence-electron chi connectivity index (χ0n) is 11.8. The predicted molar refractivity (Wildman–Crippen MR) is 75.6 cm³/mol. The van der Waals surface area contributed by atoms with Crippen LogP contribution in [0.3, 0.4) is 0 Å². The molecule has 0 amide bonds. The summed E-state index contributed by atoms with van der Waals surface area (Å²) in [4.78, 5) is 0. The normalized spacial score (nSPS) is 12.6. The Morgan fingerprint density at radius 3 is 2.84 bits per heavy atom. The van der Waals surface area contributed by atoms with Gasteiger partial charge in [0.1, 0.15) is 0 Å². The van der Waals surface area contributed by atoms with Gasteiger partial charge in [-0.1, -0.05) is 24.3 Å². The number of benzene rings is 1. The highest BCUT2D eigenvalue weighted by Crippen LogP contribution is 2.12. The van der Waals surface area contributed by atoms with Gasteiger partial charge in [-0.3, -0.25) is 4.68 Å². The van der Waals surface area contributed by atoms with E-state index in [2.05, 4.69) is 41.6 Å². The molecule has 0 saturated carbocycles. The SMILES string of the molecule is COCc1cccc(CNC(C)c2cnn(C)c2)c1. The van der Waals surface area contributed by atoms with Gasteiger partial charge in [0.2, 0.25) is 0 Å². The lowest BCUT2D eigenvalue weighted by Gasteiger charge is -2.12. The third-order valence-electron chi connectivity index (χ3n) is 3.14. The molecule has 0 fully saturated rings. The predicted octanol–water partition coefficient (Wildman–Crippen LogP) is 2.42. The van der Waals surface area contributed by atoms with E-state index in [1.165, 1.54) is 16.7 Å². The molecule has 1 N–H and O–H groups in total. The molecule has 0 radical (unpaired) electrons. The zero-order chi connectivity index (χ0) is 13.7. The Morgan fingerprint density at radius 2 is 2.16 bits per heavy atom. The molecule has 1 aromatic heterocycles. The average Bonchev–Trinajstić information content (AvgIpc) is 2.84. The number of aromatic nitrogens is 2. The van der Waals surface area contributed by atoms with Crippen molar-refractivity contribution < 1.29 is 4.74 Å². The summed E-state index contributed by atoms with van der Waals surface area (Å²) in [5.41, 5.74) is 3.68. The molecule has 0 saturated heterocycles. The summed E-state index contributed by atoms with van der Waals surface area (Å²) >= 11 is 0. The lowest BCUT2D eigenvalue weighted by molar-refractivity contribution is 0.185. The van der Waals surface area contributed by atoms with Gasteiger partial charge in [0, 0.05) is 38.5 Å². The molecule has 0 spiro atoms. The first-order valence-electron chi connectivity index (χ1n) is 6.47. The molecule has 19 heavy (non-hydrogen) atoms. The van der Waals surface area contributed by atoms with Gasteiger partial charge in [0.15, 0.2) is 0 Å². The molecule has 0 aliphatic heterocycles. The summed E-state index contributed by atoms with van der Waals surface area (Å²) < 4.78 is 6.98. The van der Waals surface area contributed by atoms with Crippen LogP contribution in [0.4, 0.5) is 0 Å². The summed E-state index contributed by atoms with van der Waals surface area (Å²) in [7, 11) is 3.65. The van der Waals surface area contributed by atoms with Crippen LogP contribution in [0.15, 0.2) is 36.7 Å². The van der Waals surface area contributed by atoms with Crippen molar-refractivity contribution in [1.82, 2.24) is 15.1 Å². The molecule has 0 aliphatic carbocycles. The van der Waals surface area contributed by atoms with Crippen LogP contribution in [0.25, 0.3) is 0 Å². The highest BCUT2D eigenvalue weighted by Gasteiger charge is 2.06. The van der Waals surface area contributed by atoms with Crippen molar-refractivity contribution in [3.63, 3.8) is 0 Å². The number of nitrogens with zero attached hydrogens (tertiary/aromatic N) is 2. The van der Waals surface area contributed by atoms with Crippen LogP contribution in [-0.2, 0) is 24.9 Å². The fourth-order valence-electron chi connectivity index (χ4n) is 2.05. The molecule has 1 aromatic carbocycles. The van der Waals surface area contributed by atoms with Gasteiger partial charge in [-0.15, -0.1) is 0 Å². The zero-order valence-corrected chi connectivity index (χ0v) is 11.8. The summed E-state index contributed by atoms with van der Waals surface area (Å²) in [6, 6.07) is 8.74. The fourth-order valence-corrected chi connectivity index (χ4v) is 2.05. The molecule has 1 atom stereocenters. The van der Waals surface area contributed by atoms with E-state index in [-0.39, 0.29) is 0 Å². The number of rotatable bonds is 6. The van der Waals surface area contributed by atoms with Gasteiger partial charge in [-0.25, -0.2) is 0 Å². The molecular formula is C15H21N3O. The van der Waals surface area contributed by atoms with Gasteiger partial charge in [-0.2, -0.15) is 5.10 Å². The maximum absolute atomic E-state index is 5.15. The first-order valence-corrected chi connectivity index (χ1v) is 6.47. The number of nitrogens with one attached hydrogen (secondary N) is 1. The van der Waals surface area contributed by atoms with E-state index in [1.807, 2.05) is 24.1 Å². The maximum atomic E-state index is 5.15. The highest BCUT2D eigenvalue weighted by molar-refractivity contribution is 5.23. The van der Waals surface area contributed by atoms with Crippen LogP contribution in [0.2, 0.25) is 0 Å². The molecule has 2 aromatic rings. The summed E-state index contributed by atoms with van der Waals surface area (Å²) in [6.07, 6.45) is 3.94. The van der Waals surface area contributed by atoms with Crippen molar-refractivity contribution in [3.05, 3.63) is 53.3 Å². The van der Waals surface area contributed by atoms with Gasteiger partial charge >= 0.3 is 0 Å². The molecule has 2 rings (SSSR count). The van der Waals surface area contributed by atoms with Gasteiger partial charge in [-0.05, 0) is 18.1 Å². The van der Waals surface area contributed by atoms with Crippen LogP contribution >= 0.6 is 0 Å². The quantitative estimate of drug-likeness (QED) is 0.866. The van der Waals surface area contributed by atoms with E-state index >= 15 is 0 Å². The molecule has 0 aliphatic rings.